The van der Waals surface area contributed by atoms with E-state index in [4.69, 9.17) is 21.0 Å². The van der Waals surface area contributed by atoms with Crippen molar-refractivity contribution in [1.29, 1.82) is 21.0 Å². The molecular formula is C18H16N4S4Se4. The predicted molar refractivity (Wildman–Crippen MR) is 135 cm³/mol. The molecule has 30 heavy (non-hydrogen) atoms. The minimum absolute atomic E-state index is 0.333. The van der Waals surface area contributed by atoms with E-state index in [-0.39, 0.29) is 0 Å². The molecule has 2 heterocycles. The number of rotatable bonds is 12. The number of nitrogens with zero attached hydrogens (tertiary/aromatic N) is 4. The summed E-state index contributed by atoms with van der Waals surface area (Å²) < 4.78 is 8.59. The molecule has 0 fully saturated rings. The van der Waals surface area contributed by atoms with Gasteiger partial charge < -0.3 is 0 Å². The zero-order valence-electron chi connectivity index (χ0n) is 15.7. The van der Waals surface area contributed by atoms with Gasteiger partial charge in [-0.2, -0.15) is 0 Å². The third-order valence-corrected chi connectivity index (χ3v) is 22.3. The Bertz CT molecular complexity index is 750. The Morgan fingerprint density at radius 3 is 0.900 bits per heavy atom. The third kappa shape index (κ3) is 9.26. The number of hydrogen-bond donors (Lipinski definition) is 0. The van der Waals surface area contributed by atoms with Gasteiger partial charge >= 0.3 is 223 Å². The average molecular weight is 732 g/mol. The molecule has 0 unspecified atom stereocenters. The summed E-state index contributed by atoms with van der Waals surface area (Å²) >= 11 is 8.93. The van der Waals surface area contributed by atoms with Crippen LogP contribution in [0.2, 0.25) is 21.3 Å². The van der Waals surface area contributed by atoms with Gasteiger partial charge in [0, 0.05) is 0 Å². The van der Waals surface area contributed by atoms with Crippen molar-refractivity contribution in [1.82, 2.24) is 0 Å². The molecule has 0 aromatic heterocycles. The second-order valence-corrected chi connectivity index (χ2v) is 21.4. The van der Waals surface area contributed by atoms with Gasteiger partial charge in [-0.15, -0.1) is 0 Å². The Hall–Kier alpha value is 0.658. The number of thioether (sulfide) groups is 4. The van der Waals surface area contributed by atoms with E-state index < -0.39 is 0 Å². The van der Waals surface area contributed by atoms with Crippen LogP contribution in [0.25, 0.3) is 0 Å². The monoisotopic (exact) mass is 736 g/mol. The molecule has 2 aliphatic heterocycles. The van der Waals surface area contributed by atoms with Gasteiger partial charge in [0.25, 0.3) is 0 Å². The molecule has 4 nitrogen and oxygen atoms in total. The zero-order valence-corrected chi connectivity index (χ0v) is 25.8. The van der Waals surface area contributed by atoms with E-state index in [9.17, 15) is 0 Å². The van der Waals surface area contributed by atoms with Crippen molar-refractivity contribution in [3.8, 4) is 24.3 Å². The first kappa shape index (κ1) is 26.9. The van der Waals surface area contributed by atoms with Crippen molar-refractivity contribution in [3.05, 3.63) is 23.7 Å². The molecule has 0 atom stereocenters. The summed E-state index contributed by atoms with van der Waals surface area (Å²) in [5.41, 5.74) is 0. The maximum atomic E-state index is 8.88. The van der Waals surface area contributed by atoms with E-state index in [1.807, 2.05) is 47.0 Å². The van der Waals surface area contributed by atoms with E-state index in [1.54, 1.807) is 0 Å². The number of hydrogen-bond acceptors (Lipinski definition) is 8. The molecule has 2 rings (SSSR count). The van der Waals surface area contributed by atoms with Gasteiger partial charge in [0.05, 0.1) is 0 Å². The molecule has 0 aliphatic carbocycles. The van der Waals surface area contributed by atoms with E-state index >= 15 is 0 Å². The second kappa shape index (κ2) is 16.3. The van der Waals surface area contributed by atoms with Crippen LogP contribution in [0.5, 0.6) is 0 Å². The Morgan fingerprint density at radius 2 is 0.700 bits per heavy atom. The van der Waals surface area contributed by atoms with Gasteiger partial charge in [0.1, 0.15) is 0 Å². The van der Waals surface area contributed by atoms with Crippen LogP contribution in [0.1, 0.15) is 25.7 Å². The van der Waals surface area contributed by atoms with E-state index in [0.29, 0.717) is 85.5 Å². The van der Waals surface area contributed by atoms with Gasteiger partial charge in [0.2, 0.25) is 0 Å². The summed E-state index contributed by atoms with van der Waals surface area (Å²) in [4.78, 5) is 0. The van der Waals surface area contributed by atoms with Gasteiger partial charge in [-0.3, -0.25) is 0 Å². The molecule has 0 amide bonds. The van der Waals surface area contributed by atoms with Crippen LogP contribution in [-0.2, 0) is 0 Å². The zero-order chi connectivity index (χ0) is 21.6. The first-order valence-corrected chi connectivity index (χ1v) is 20.2. The van der Waals surface area contributed by atoms with Crippen LogP contribution >= 0.6 is 47.0 Å². The Morgan fingerprint density at radius 1 is 0.467 bits per heavy atom. The average Bonchev–Trinajstić information content (AvgIpc) is 3.33. The van der Waals surface area contributed by atoms with Crippen molar-refractivity contribution in [2.24, 2.45) is 0 Å². The molecule has 0 saturated heterocycles. The fourth-order valence-electron chi connectivity index (χ4n) is 1.82. The normalized spacial score (nSPS) is 15.9. The summed E-state index contributed by atoms with van der Waals surface area (Å²) in [5, 5.41) is 39.3. The molecule has 0 N–H and O–H groups in total. The van der Waals surface area contributed by atoms with Crippen molar-refractivity contribution in [3.63, 3.8) is 0 Å². The molecule has 0 bridgehead atoms. The van der Waals surface area contributed by atoms with Crippen LogP contribution in [-0.4, -0.2) is 59.8 Å². The van der Waals surface area contributed by atoms with Crippen molar-refractivity contribution < 1.29 is 0 Å². The van der Waals surface area contributed by atoms with E-state index in [2.05, 4.69) is 24.3 Å². The standard InChI is InChI=1S/C18H16N4S4Se4/c19-5-1-9-27-15-16(28-10-2-6-20)24-13(23-15)14-25-17(29-11-3-7-21)18(26-14)30-12-4-8-22/h1-4,9-12H2. The van der Waals surface area contributed by atoms with E-state index in [1.165, 1.54) is 23.7 Å². The fourth-order valence-corrected chi connectivity index (χ4v) is 22.0. The molecule has 0 aromatic carbocycles. The van der Waals surface area contributed by atoms with Crippen LogP contribution in [0.4, 0.5) is 0 Å². The molecule has 12 heteroatoms. The fraction of sp³-hybridized carbons (Fsp3) is 0.444. The quantitative estimate of drug-likeness (QED) is 0.193. The molecule has 0 radical (unpaired) electrons. The van der Waals surface area contributed by atoms with Gasteiger partial charge in [-0.25, -0.2) is 0 Å². The summed E-state index contributed by atoms with van der Waals surface area (Å²) in [6.07, 6.45) is 2.45. The summed E-state index contributed by atoms with van der Waals surface area (Å²) in [5.74, 6) is 0. The van der Waals surface area contributed by atoms with Crippen molar-refractivity contribution in [2.45, 2.75) is 47.0 Å². The molecule has 2 aliphatic rings. The molecule has 0 saturated carbocycles. The van der Waals surface area contributed by atoms with Crippen molar-refractivity contribution >= 4 is 107 Å². The van der Waals surface area contributed by atoms with Crippen LogP contribution in [0.15, 0.2) is 23.7 Å². The van der Waals surface area contributed by atoms with Gasteiger partial charge in [-0.05, 0) is 0 Å². The SMILES string of the molecule is N#CCC[Se]C1=C([Se]CCC#N)SC(=C2SC([Se]CCC#N)=C([Se]CCC#N)S2)S1. The molecule has 0 spiro atoms. The minimum atomic E-state index is 0.333. The summed E-state index contributed by atoms with van der Waals surface area (Å²) in [6, 6.07) is 9.02. The summed E-state index contributed by atoms with van der Waals surface area (Å²) in [6.45, 7) is 0. The molecular weight excluding hydrogens is 716 g/mol. The Kier molecular flexibility index (Phi) is 14.6. The number of nitriles is 4. The summed E-state index contributed by atoms with van der Waals surface area (Å²) in [7, 11) is 0. The first-order chi connectivity index (χ1) is 14.7. The van der Waals surface area contributed by atoms with Crippen LogP contribution in [0.3, 0.4) is 0 Å². The Balaban J connectivity index is 2.09. The van der Waals surface area contributed by atoms with E-state index in [0.717, 1.165) is 21.3 Å². The Labute approximate surface area is 220 Å². The van der Waals surface area contributed by atoms with Gasteiger partial charge in [0.15, 0.2) is 0 Å². The second-order valence-electron chi connectivity index (χ2n) is 5.16. The molecule has 156 valence electrons. The maximum absolute atomic E-state index is 8.88. The topological polar surface area (TPSA) is 95.2 Å². The first-order valence-electron chi connectivity index (χ1n) is 8.66. The van der Waals surface area contributed by atoms with Crippen LogP contribution in [0, 0.1) is 45.3 Å². The third-order valence-electron chi connectivity index (χ3n) is 3.03. The van der Waals surface area contributed by atoms with Crippen LogP contribution < -0.4 is 0 Å². The molecule has 0 aromatic rings. The van der Waals surface area contributed by atoms with Crippen molar-refractivity contribution in [2.75, 3.05) is 0 Å². The predicted octanol–water partition coefficient (Wildman–Crippen LogP) is 5.47. The van der Waals surface area contributed by atoms with Gasteiger partial charge in [-0.1, -0.05) is 0 Å².